The van der Waals surface area contributed by atoms with Gasteiger partial charge in [0.25, 0.3) is 0 Å². The van der Waals surface area contributed by atoms with Crippen LogP contribution in [0.15, 0.2) is 53.1 Å². The molecule has 0 atom stereocenters. The molecule has 6 heteroatoms. The van der Waals surface area contributed by atoms with Crippen molar-refractivity contribution in [2.24, 2.45) is 0 Å². The van der Waals surface area contributed by atoms with Crippen LogP contribution in [-0.2, 0) is 19.4 Å². The maximum absolute atomic E-state index is 5.49. The van der Waals surface area contributed by atoms with Crippen LogP contribution < -0.4 is 10.1 Å². The predicted octanol–water partition coefficient (Wildman–Crippen LogP) is 4.49. The summed E-state index contributed by atoms with van der Waals surface area (Å²) in [5.41, 5.74) is 5.27. The van der Waals surface area contributed by atoms with E-state index in [0.717, 1.165) is 47.1 Å². The topological polar surface area (TPSA) is 64.6 Å². The van der Waals surface area contributed by atoms with Crippen molar-refractivity contribution in [3.63, 3.8) is 0 Å². The van der Waals surface area contributed by atoms with E-state index in [9.17, 15) is 0 Å². The number of ether oxygens (including phenoxy) is 1. The van der Waals surface area contributed by atoms with Gasteiger partial charge < -0.3 is 14.5 Å². The number of fused-ring (bicyclic) bond motifs is 2. The molecule has 0 unspecified atom stereocenters. The molecule has 1 aromatic carbocycles. The first-order chi connectivity index (χ1) is 13.8. The van der Waals surface area contributed by atoms with Gasteiger partial charge in [-0.3, -0.25) is 0 Å². The van der Waals surface area contributed by atoms with Crippen molar-refractivity contribution >= 4 is 11.5 Å². The SMILES string of the molecule is COc1ccc(-c2cc3nc4c(c(NCc5ccco5)n3n2)CCCC4)cc1. The number of methoxy groups -OCH3 is 1. The molecular weight excluding hydrogens is 352 g/mol. The molecule has 0 amide bonds. The second-order valence-electron chi connectivity index (χ2n) is 7.05. The summed E-state index contributed by atoms with van der Waals surface area (Å²) >= 11 is 0. The van der Waals surface area contributed by atoms with Crippen LogP contribution >= 0.6 is 0 Å². The molecule has 142 valence electrons. The van der Waals surface area contributed by atoms with Gasteiger partial charge in [-0.1, -0.05) is 0 Å². The zero-order valence-electron chi connectivity index (χ0n) is 15.8. The third-order valence-corrected chi connectivity index (χ3v) is 5.27. The molecule has 0 fully saturated rings. The van der Waals surface area contributed by atoms with Crippen LogP contribution in [0.3, 0.4) is 0 Å². The first-order valence-corrected chi connectivity index (χ1v) is 9.64. The van der Waals surface area contributed by atoms with Gasteiger partial charge in [-0.05, 0) is 62.1 Å². The van der Waals surface area contributed by atoms with Crippen molar-refractivity contribution in [2.45, 2.75) is 32.2 Å². The lowest BCUT2D eigenvalue weighted by Crippen LogP contribution is -2.15. The lowest BCUT2D eigenvalue weighted by atomic mass is 9.96. The third-order valence-electron chi connectivity index (χ3n) is 5.27. The zero-order chi connectivity index (χ0) is 18.9. The third kappa shape index (κ3) is 3.01. The van der Waals surface area contributed by atoms with Crippen LogP contribution in [0.5, 0.6) is 5.75 Å². The molecule has 0 aliphatic heterocycles. The molecule has 3 heterocycles. The number of anilines is 1. The minimum Gasteiger partial charge on any atom is -0.497 e. The van der Waals surface area contributed by atoms with Gasteiger partial charge >= 0.3 is 0 Å². The van der Waals surface area contributed by atoms with E-state index in [4.69, 9.17) is 19.2 Å². The maximum Gasteiger partial charge on any atom is 0.158 e. The van der Waals surface area contributed by atoms with Gasteiger partial charge in [0.15, 0.2) is 5.65 Å². The number of benzene rings is 1. The number of hydrogen-bond donors (Lipinski definition) is 1. The summed E-state index contributed by atoms with van der Waals surface area (Å²) in [5, 5.41) is 8.41. The van der Waals surface area contributed by atoms with E-state index < -0.39 is 0 Å². The molecule has 0 bridgehead atoms. The molecule has 28 heavy (non-hydrogen) atoms. The largest absolute Gasteiger partial charge is 0.497 e. The summed E-state index contributed by atoms with van der Waals surface area (Å²) in [5.74, 6) is 2.76. The van der Waals surface area contributed by atoms with Gasteiger partial charge in [-0.2, -0.15) is 9.61 Å². The van der Waals surface area contributed by atoms with Crippen molar-refractivity contribution in [2.75, 3.05) is 12.4 Å². The fourth-order valence-corrected chi connectivity index (χ4v) is 3.82. The summed E-state index contributed by atoms with van der Waals surface area (Å²) in [6.07, 6.45) is 6.11. The van der Waals surface area contributed by atoms with E-state index in [1.165, 1.54) is 24.1 Å². The number of nitrogens with one attached hydrogen (secondary N) is 1. The maximum atomic E-state index is 5.49. The molecule has 0 spiro atoms. The molecule has 5 rings (SSSR count). The van der Waals surface area contributed by atoms with E-state index >= 15 is 0 Å². The summed E-state index contributed by atoms with van der Waals surface area (Å²) in [4.78, 5) is 4.91. The molecule has 4 aromatic rings. The average Bonchev–Trinajstić information content (AvgIpc) is 3.41. The molecule has 3 aromatic heterocycles. The Bertz CT molecular complexity index is 1100. The number of rotatable bonds is 5. The zero-order valence-corrected chi connectivity index (χ0v) is 15.8. The van der Waals surface area contributed by atoms with Crippen LogP contribution in [0.4, 0.5) is 5.82 Å². The molecule has 0 saturated carbocycles. The van der Waals surface area contributed by atoms with Crippen molar-refractivity contribution in [3.8, 4) is 17.0 Å². The Kier molecular flexibility index (Phi) is 4.24. The van der Waals surface area contributed by atoms with Crippen LogP contribution in [-0.4, -0.2) is 21.7 Å². The molecule has 0 radical (unpaired) electrons. The Morgan fingerprint density at radius 1 is 1.14 bits per heavy atom. The van der Waals surface area contributed by atoms with Crippen LogP contribution in [0.2, 0.25) is 0 Å². The normalized spacial score (nSPS) is 13.5. The monoisotopic (exact) mass is 374 g/mol. The second-order valence-corrected chi connectivity index (χ2v) is 7.05. The summed E-state index contributed by atoms with van der Waals surface area (Å²) < 4.78 is 12.7. The Balaban J connectivity index is 1.59. The second kappa shape index (κ2) is 7.03. The lowest BCUT2D eigenvalue weighted by Gasteiger charge is -2.20. The highest BCUT2D eigenvalue weighted by molar-refractivity contribution is 5.67. The van der Waals surface area contributed by atoms with E-state index in [-0.39, 0.29) is 0 Å². The van der Waals surface area contributed by atoms with Crippen molar-refractivity contribution in [1.29, 1.82) is 0 Å². The number of furan rings is 1. The van der Waals surface area contributed by atoms with E-state index in [1.807, 2.05) is 40.9 Å². The number of nitrogens with zero attached hydrogens (tertiary/aromatic N) is 3. The highest BCUT2D eigenvalue weighted by atomic mass is 16.5. The first-order valence-electron chi connectivity index (χ1n) is 9.64. The van der Waals surface area contributed by atoms with E-state index in [1.54, 1.807) is 13.4 Å². The number of aromatic nitrogens is 3. The molecular formula is C22H22N4O2. The van der Waals surface area contributed by atoms with Crippen molar-refractivity contribution < 1.29 is 9.15 Å². The standard InChI is InChI=1S/C22H22N4O2/c1-27-16-10-8-15(9-11-16)20-13-21-24-19-7-3-2-6-18(19)22(26(21)25-20)23-14-17-5-4-12-28-17/h4-5,8-13,23H,2-3,6-7,14H2,1H3. The van der Waals surface area contributed by atoms with Gasteiger partial charge in [0, 0.05) is 22.9 Å². The molecule has 1 aliphatic rings. The number of aryl methyl sites for hydroxylation is 1. The molecule has 1 N–H and O–H groups in total. The van der Waals surface area contributed by atoms with Crippen LogP contribution in [0.25, 0.3) is 16.9 Å². The van der Waals surface area contributed by atoms with Crippen molar-refractivity contribution in [1.82, 2.24) is 14.6 Å². The molecule has 0 saturated heterocycles. The Morgan fingerprint density at radius 2 is 2.00 bits per heavy atom. The van der Waals surface area contributed by atoms with Gasteiger partial charge in [-0.15, -0.1) is 0 Å². The smallest absolute Gasteiger partial charge is 0.158 e. The number of hydrogen-bond acceptors (Lipinski definition) is 5. The van der Waals surface area contributed by atoms with Crippen molar-refractivity contribution in [3.05, 3.63) is 65.7 Å². The van der Waals surface area contributed by atoms with Crippen LogP contribution in [0.1, 0.15) is 29.9 Å². The molecule has 6 nitrogen and oxygen atoms in total. The highest BCUT2D eigenvalue weighted by Gasteiger charge is 2.20. The van der Waals surface area contributed by atoms with Gasteiger partial charge in [0.1, 0.15) is 17.3 Å². The Hall–Kier alpha value is -3.28. The minimum atomic E-state index is 0.621. The Labute approximate surface area is 163 Å². The fraction of sp³-hybridized carbons (Fsp3) is 0.273. The average molecular weight is 374 g/mol. The van der Waals surface area contributed by atoms with E-state index in [0.29, 0.717) is 6.54 Å². The fourth-order valence-electron chi connectivity index (χ4n) is 3.82. The highest BCUT2D eigenvalue weighted by Crippen LogP contribution is 2.30. The Morgan fingerprint density at radius 3 is 2.79 bits per heavy atom. The first kappa shape index (κ1) is 16.9. The summed E-state index contributed by atoms with van der Waals surface area (Å²) in [6.45, 7) is 0.621. The van der Waals surface area contributed by atoms with Gasteiger partial charge in [0.05, 0.1) is 25.6 Å². The minimum absolute atomic E-state index is 0.621. The molecule has 1 aliphatic carbocycles. The summed E-state index contributed by atoms with van der Waals surface area (Å²) in [7, 11) is 1.67. The quantitative estimate of drug-likeness (QED) is 0.558. The van der Waals surface area contributed by atoms with Gasteiger partial charge in [-0.25, -0.2) is 4.98 Å². The van der Waals surface area contributed by atoms with Crippen LogP contribution in [0, 0.1) is 0 Å². The lowest BCUT2D eigenvalue weighted by molar-refractivity contribution is 0.415. The predicted molar refractivity (Wildman–Crippen MR) is 108 cm³/mol. The van der Waals surface area contributed by atoms with Gasteiger partial charge in [0.2, 0.25) is 0 Å². The summed E-state index contributed by atoms with van der Waals surface area (Å²) in [6, 6.07) is 13.9. The van der Waals surface area contributed by atoms with E-state index in [2.05, 4.69) is 11.4 Å².